The first-order valence-corrected chi connectivity index (χ1v) is 12.4. The molecular weight excluding hydrogens is 527 g/mol. The summed E-state index contributed by atoms with van der Waals surface area (Å²) in [5.74, 6) is -0.388. The molecule has 206 valence electrons. The number of benzene rings is 1. The minimum atomic E-state index is -4.62. The third-order valence-corrected chi connectivity index (χ3v) is 6.68. The van der Waals surface area contributed by atoms with Crippen LogP contribution in [0, 0.1) is 0 Å². The van der Waals surface area contributed by atoms with Crippen LogP contribution in [0.3, 0.4) is 0 Å². The molecule has 9 nitrogen and oxygen atoms in total. The van der Waals surface area contributed by atoms with Crippen molar-refractivity contribution in [1.82, 2.24) is 19.9 Å². The van der Waals surface area contributed by atoms with Crippen LogP contribution in [-0.2, 0) is 0 Å². The highest BCUT2D eigenvalue weighted by Gasteiger charge is 2.38. The Balaban J connectivity index is 1.68. The number of aromatic amines is 1. The monoisotopic (exact) mass is 555 g/mol. The van der Waals surface area contributed by atoms with E-state index in [9.17, 15) is 23.1 Å². The molecule has 38 heavy (non-hydrogen) atoms. The van der Waals surface area contributed by atoms with Gasteiger partial charge in [-0.2, -0.15) is 23.1 Å². The molecule has 2 heterocycles. The van der Waals surface area contributed by atoms with Gasteiger partial charge in [0, 0.05) is 25.9 Å². The zero-order valence-corrected chi connectivity index (χ0v) is 22.1. The number of aliphatic hydroxyl groups is 1. The number of carbonyl (C=O) groups excluding carboxylic acids is 1. The molecule has 2 aromatic heterocycles. The second kappa shape index (κ2) is 10.5. The van der Waals surface area contributed by atoms with Gasteiger partial charge in [0.15, 0.2) is 6.10 Å². The predicted molar refractivity (Wildman–Crippen MR) is 136 cm³/mol. The van der Waals surface area contributed by atoms with E-state index in [-0.39, 0.29) is 34.9 Å². The number of hydrogen-bond donors (Lipinski definition) is 3. The van der Waals surface area contributed by atoms with Crippen molar-refractivity contribution in [3.63, 3.8) is 0 Å². The van der Waals surface area contributed by atoms with Crippen LogP contribution < -0.4 is 14.8 Å². The molecule has 0 aliphatic heterocycles. The summed E-state index contributed by atoms with van der Waals surface area (Å²) in [5.41, 5.74) is -0.123. The van der Waals surface area contributed by atoms with E-state index in [4.69, 9.17) is 21.1 Å². The first kappa shape index (κ1) is 27.8. The first-order chi connectivity index (χ1) is 17.7. The van der Waals surface area contributed by atoms with Crippen LogP contribution in [0.4, 0.5) is 24.8 Å². The van der Waals surface area contributed by atoms with E-state index in [1.54, 1.807) is 6.92 Å². The van der Waals surface area contributed by atoms with Crippen molar-refractivity contribution in [3.05, 3.63) is 35.0 Å². The summed E-state index contributed by atoms with van der Waals surface area (Å²) in [5, 5.41) is 14.0. The first-order valence-electron chi connectivity index (χ1n) is 12.0. The molecule has 0 saturated heterocycles. The Kier molecular flexibility index (Phi) is 7.67. The Bertz CT molecular complexity index is 1320. The standard InChI is InChI=1S/C25H29ClF3N5O4/c1-13(25(27,28)29)37-18-11-14(22(35)34(3)4)5-6-17(18)31-23-32-20-19(16(26)12-30-20)21(33-23)38-15-7-9-24(2,36)10-8-15/h5-6,11-13,15,36H,7-10H2,1-4H3,(H2,30,31,32,33)/t13-,15-,24+/m1/s1. The third-order valence-electron chi connectivity index (χ3n) is 6.38. The van der Waals surface area contributed by atoms with Gasteiger partial charge in [-0.3, -0.25) is 4.79 Å². The Morgan fingerprint density at radius 1 is 1.29 bits per heavy atom. The average molecular weight is 556 g/mol. The molecule has 1 aliphatic rings. The van der Waals surface area contributed by atoms with Crippen LogP contribution in [0.25, 0.3) is 11.0 Å². The summed E-state index contributed by atoms with van der Waals surface area (Å²) in [6, 6.07) is 4.13. The minimum Gasteiger partial charge on any atom is -0.479 e. The Morgan fingerprint density at radius 3 is 2.61 bits per heavy atom. The predicted octanol–water partition coefficient (Wildman–Crippen LogP) is 5.46. The van der Waals surface area contributed by atoms with Crippen molar-refractivity contribution in [2.75, 3.05) is 19.4 Å². The molecule has 0 bridgehead atoms. The number of fused-ring (bicyclic) bond motifs is 1. The summed E-state index contributed by atoms with van der Waals surface area (Å²) in [7, 11) is 3.07. The molecule has 0 spiro atoms. The number of aromatic nitrogens is 3. The Hall–Kier alpha value is -3.25. The van der Waals surface area contributed by atoms with Gasteiger partial charge < -0.3 is 29.8 Å². The molecule has 1 atom stereocenters. The van der Waals surface area contributed by atoms with E-state index in [1.807, 2.05) is 0 Å². The van der Waals surface area contributed by atoms with Crippen molar-refractivity contribution >= 4 is 40.2 Å². The van der Waals surface area contributed by atoms with Crippen molar-refractivity contribution in [3.8, 4) is 11.6 Å². The SMILES string of the molecule is C[C@@H](Oc1cc(C(=O)N(C)C)ccc1Nc1nc(O[C@H]2CC[C@@](C)(O)CC2)c2c(Cl)c[nH]c2n1)C(F)(F)F. The number of hydrogen-bond acceptors (Lipinski definition) is 7. The minimum absolute atomic E-state index is 0.0185. The van der Waals surface area contributed by atoms with E-state index >= 15 is 0 Å². The molecule has 1 fully saturated rings. The maximum atomic E-state index is 13.3. The van der Waals surface area contributed by atoms with Crippen LogP contribution in [0.1, 0.15) is 49.9 Å². The normalized spacial score (nSPS) is 20.7. The van der Waals surface area contributed by atoms with Gasteiger partial charge in [0.1, 0.15) is 17.5 Å². The number of carbonyl (C=O) groups is 1. The molecule has 3 N–H and O–H groups in total. The van der Waals surface area contributed by atoms with Crippen molar-refractivity contribution < 1.29 is 32.5 Å². The smallest absolute Gasteiger partial charge is 0.425 e. The molecule has 1 aromatic carbocycles. The molecule has 1 amide bonds. The molecule has 1 saturated carbocycles. The zero-order valence-electron chi connectivity index (χ0n) is 21.3. The van der Waals surface area contributed by atoms with Gasteiger partial charge in [-0.15, -0.1) is 0 Å². The molecule has 1 aliphatic carbocycles. The van der Waals surface area contributed by atoms with Crippen LogP contribution in [0.2, 0.25) is 5.02 Å². The van der Waals surface area contributed by atoms with E-state index in [2.05, 4.69) is 20.3 Å². The van der Waals surface area contributed by atoms with Crippen molar-refractivity contribution in [2.24, 2.45) is 0 Å². The van der Waals surface area contributed by atoms with Gasteiger partial charge in [-0.05, 0) is 57.7 Å². The second-order valence-corrected chi connectivity index (χ2v) is 10.3. The Morgan fingerprint density at radius 2 is 1.97 bits per heavy atom. The number of ether oxygens (including phenoxy) is 2. The number of H-pyrrole nitrogens is 1. The van der Waals surface area contributed by atoms with E-state index in [0.717, 1.165) is 6.92 Å². The van der Waals surface area contributed by atoms with Crippen LogP contribution >= 0.6 is 11.6 Å². The largest absolute Gasteiger partial charge is 0.479 e. The van der Waals surface area contributed by atoms with Gasteiger partial charge in [0.25, 0.3) is 5.91 Å². The van der Waals surface area contributed by atoms with Crippen LogP contribution in [0.15, 0.2) is 24.4 Å². The number of rotatable bonds is 7. The fourth-order valence-corrected chi connectivity index (χ4v) is 4.31. The summed E-state index contributed by atoms with van der Waals surface area (Å²) in [4.78, 5) is 25.5. The number of halogens is 4. The lowest BCUT2D eigenvalue weighted by Gasteiger charge is -2.33. The van der Waals surface area contributed by atoms with Crippen molar-refractivity contribution in [1.29, 1.82) is 0 Å². The highest BCUT2D eigenvalue weighted by molar-refractivity contribution is 6.35. The molecule has 0 radical (unpaired) electrons. The summed E-state index contributed by atoms with van der Waals surface area (Å²) in [6.07, 6.45) is -3.10. The number of nitrogens with zero attached hydrogens (tertiary/aromatic N) is 3. The highest BCUT2D eigenvalue weighted by Crippen LogP contribution is 2.37. The Labute approximate surface area is 222 Å². The van der Waals surface area contributed by atoms with Gasteiger partial charge in [-0.25, -0.2) is 0 Å². The van der Waals surface area contributed by atoms with Gasteiger partial charge in [0.2, 0.25) is 11.8 Å². The lowest BCUT2D eigenvalue weighted by Crippen LogP contribution is -2.35. The van der Waals surface area contributed by atoms with E-state index < -0.39 is 23.8 Å². The molecule has 13 heteroatoms. The second-order valence-electron chi connectivity index (χ2n) is 9.86. The number of alkyl halides is 3. The number of nitrogens with one attached hydrogen (secondary N) is 2. The number of anilines is 2. The average Bonchev–Trinajstić information content (AvgIpc) is 3.21. The summed E-state index contributed by atoms with van der Waals surface area (Å²) in [6.45, 7) is 2.66. The lowest BCUT2D eigenvalue weighted by molar-refractivity contribution is -0.189. The maximum absolute atomic E-state index is 13.3. The van der Waals surface area contributed by atoms with Gasteiger partial charge in [-0.1, -0.05) is 11.6 Å². The van der Waals surface area contributed by atoms with E-state index in [1.165, 1.54) is 43.4 Å². The summed E-state index contributed by atoms with van der Waals surface area (Å²) >= 11 is 6.34. The van der Waals surface area contributed by atoms with Crippen molar-refractivity contribution in [2.45, 2.75) is 63.5 Å². The van der Waals surface area contributed by atoms with Gasteiger partial charge in [0.05, 0.1) is 21.7 Å². The maximum Gasteiger partial charge on any atom is 0.425 e. The number of amides is 1. The van der Waals surface area contributed by atoms with Crippen LogP contribution in [0.5, 0.6) is 11.6 Å². The molecule has 0 unspecified atom stereocenters. The lowest BCUT2D eigenvalue weighted by atomic mass is 9.85. The quantitative estimate of drug-likeness (QED) is 0.355. The third kappa shape index (κ3) is 6.24. The fraction of sp³-hybridized carbons (Fsp3) is 0.480. The van der Waals surface area contributed by atoms with E-state index in [0.29, 0.717) is 41.7 Å². The molecule has 3 aromatic rings. The molecule has 4 rings (SSSR count). The zero-order chi connectivity index (χ0) is 27.8. The summed E-state index contributed by atoms with van der Waals surface area (Å²) < 4.78 is 51.2. The highest BCUT2D eigenvalue weighted by atomic mass is 35.5. The van der Waals surface area contributed by atoms with Gasteiger partial charge >= 0.3 is 6.18 Å². The fourth-order valence-electron chi connectivity index (χ4n) is 4.09. The van der Waals surface area contributed by atoms with Crippen LogP contribution in [-0.4, -0.2) is 68.9 Å². The molecular formula is C25H29ClF3N5O4. The topological polar surface area (TPSA) is 113 Å².